The maximum Gasteiger partial charge on any atom is 0.254 e. The van der Waals surface area contributed by atoms with Gasteiger partial charge in [-0.05, 0) is 12.8 Å². The molecule has 0 spiro atoms. The van der Waals surface area contributed by atoms with Crippen LogP contribution in [-0.2, 0) is 0 Å². The van der Waals surface area contributed by atoms with E-state index in [2.05, 4.69) is 20.8 Å². The lowest BCUT2D eigenvalue weighted by Gasteiger charge is -2.30. The largest absolute Gasteiger partial charge is 0.497 e. The number of pyridine rings is 1. The van der Waals surface area contributed by atoms with Crippen molar-refractivity contribution in [2.24, 2.45) is 11.5 Å². The molecule has 4 rings (SSSR count). The molecule has 1 fully saturated rings. The molecule has 3 aromatic rings. The van der Waals surface area contributed by atoms with Crippen molar-refractivity contribution in [3.63, 3.8) is 0 Å². The van der Waals surface area contributed by atoms with Crippen LogP contribution in [0.2, 0.25) is 0 Å². The van der Waals surface area contributed by atoms with E-state index >= 15 is 0 Å². The number of nitrogens with one attached hydrogen (secondary N) is 2. The average Bonchev–Trinajstić information content (AvgIpc) is 3.24. The lowest BCUT2D eigenvalue weighted by atomic mass is 9.91. The van der Waals surface area contributed by atoms with Crippen LogP contribution in [0.1, 0.15) is 36.0 Å². The Balaban J connectivity index is 1.78. The number of carbonyl (C=O) groups is 1. The highest BCUT2D eigenvalue weighted by atomic mass is 16.5. The number of nitrogens with zero attached hydrogens (tertiary/aromatic N) is 3. The molecule has 0 unspecified atom stereocenters. The fourth-order valence-electron chi connectivity index (χ4n) is 4.00. The summed E-state index contributed by atoms with van der Waals surface area (Å²) in [5.74, 6) is 1.33. The molecule has 2 aromatic heterocycles. The molecule has 0 bridgehead atoms. The Bertz CT molecular complexity index is 1080. The second kappa shape index (κ2) is 8.68. The van der Waals surface area contributed by atoms with E-state index in [1.165, 1.54) is 0 Å². The van der Waals surface area contributed by atoms with Gasteiger partial charge in [0.1, 0.15) is 29.2 Å². The number of aromatic nitrogens is 3. The number of carbonyl (C=O) groups excluding carboxylic acids is 1. The summed E-state index contributed by atoms with van der Waals surface area (Å²) < 4.78 is 12.4. The molecule has 10 nitrogen and oxygen atoms in total. The number of rotatable bonds is 7. The van der Waals surface area contributed by atoms with Crippen molar-refractivity contribution in [3.8, 4) is 11.5 Å². The summed E-state index contributed by atoms with van der Waals surface area (Å²) in [7, 11) is 3.15. The first-order valence-corrected chi connectivity index (χ1v) is 10.2. The van der Waals surface area contributed by atoms with Crippen LogP contribution in [0.5, 0.6) is 11.5 Å². The highest BCUT2D eigenvalue weighted by molar-refractivity contribution is 6.05. The molecule has 0 aliphatic heterocycles. The van der Waals surface area contributed by atoms with Gasteiger partial charge in [-0.25, -0.2) is 0 Å². The molecule has 1 aliphatic carbocycles. The predicted octanol–water partition coefficient (Wildman–Crippen LogP) is 2.27. The van der Waals surface area contributed by atoms with E-state index < -0.39 is 5.91 Å². The number of hydrogen-bond donors (Lipinski definition) is 4. The van der Waals surface area contributed by atoms with Crippen LogP contribution in [0.15, 0.2) is 30.6 Å². The molecule has 164 valence electrons. The number of benzene rings is 1. The zero-order valence-corrected chi connectivity index (χ0v) is 17.6. The third-order valence-corrected chi connectivity index (χ3v) is 5.61. The number of nitrogens with two attached hydrogens (primary N) is 2. The number of amides is 1. The Morgan fingerprint density at radius 2 is 1.84 bits per heavy atom. The Morgan fingerprint density at radius 3 is 2.48 bits per heavy atom. The second-order valence-corrected chi connectivity index (χ2v) is 7.63. The summed E-state index contributed by atoms with van der Waals surface area (Å²) >= 11 is 0. The van der Waals surface area contributed by atoms with Gasteiger partial charge in [-0.1, -0.05) is 12.8 Å². The van der Waals surface area contributed by atoms with Gasteiger partial charge in [0.05, 0.1) is 19.9 Å². The summed E-state index contributed by atoms with van der Waals surface area (Å²) in [4.78, 5) is 12.3. The van der Waals surface area contributed by atoms with Gasteiger partial charge in [0.15, 0.2) is 5.65 Å². The molecule has 31 heavy (non-hydrogen) atoms. The Hall–Kier alpha value is -3.53. The van der Waals surface area contributed by atoms with Gasteiger partial charge in [0, 0.05) is 42.0 Å². The van der Waals surface area contributed by atoms with Crippen LogP contribution in [0.4, 0.5) is 17.2 Å². The van der Waals surface area contributed by atoms with Crippen LogP contribution >= 0.6 is 0 Å². The zero-order chi connectivity index (χ0) is 22.0. The minimum Gasteiger partial charge on any atom is -0.497 e. The maximum absolute atomic E-state index is 12.3. The van der Waals surface area contributed by atoms with Crippen molar-refractivity contribution in [2.45, 2.75) is 37.8 Å². The fraction of sp³-hybridized carbons (Fsp3) is 0.381. The smallest absolute Gasteiger partial charge is 0.254 e. The van der Waals surface area contributed by atoms with Crippen molar-refractivity contribution in [2.75, 3.05) is 24.9 Å². The van der Waals surface area contributed by atoms with E-state index in [-0.39, 0.29) is 17.6 Å². The van der Waals surface area contributed by atoms with E-state index in [0.29, 0.717) is 28.5 Å². The molecule has 0 saturated heterocycles. The molecule has 2 atom stereocenters. The van der Waals surface area contributed by atoms with E-state index in [0.717, 1.165) is 31.5 Å². The topological polar surface area (TPSA) is 142 Å². The summed E-state index contributed by atoms with van der Waals surface area (Å²) in [6.45, 7) is 0. The van der Waals surface area contributed by atoms with Gasteiger partial charge in [0.2, 0.25) is 0 Å². The number of methoxy groups -OCH3 is 2. The molecule has 2 heterocycles. The van der Waals surface area contributed by atoms with E-state index in [1.807, 2.05) is 6.07 Å². The lowest BCUT2D eigenvalue weighted by Crippen LogP contribution is -2.43. The maximum atomic E-state index is 12.3. The third-order valence-electron chi connectivity index (χ3n) is 5.61. The quantitative estimate of drug-likeness (QED) is 0.452. The lowest BCUT2D eigenvalue weighted by molar-refractivity contribution is 0.100. The Kier molecular flexibility index (Phi) is 5.81. The second-order valence-electron chi connectivity index (χ2n) is 7.63. The average molecular weight is 425 g/mol. The van der Waals surface area contributed by atoms with Crippen LogP contribution < -0.4 is 31.6 Å². The van der Waals surface area contributed by atoms with Crippen molar-refractivity contribution in [1.29, 1.82) is 0 Å². The molecule has 10 heteroatoms. The van der Waals surface area contributed by atoms with Gasteiger partial charge >= 0.3 is 0 Å². The number of primary amides is 1. The Labute approximate surface area is 179 Å². The van der Waals surface area contributed by atoms with E-state index in [1.54, 1.807) is 43.1 Å². The monoisotopic (exact) mass is 425 g/mol. The molecule has 0 radical (unpaired) electrons. The highest BCUT2D eigenvalue weighted by Crippen LogP contribution is 2.32. The number of ether oxygens (including phenoxy) is 2. The van der Waals surface area contributed by atoms with Crippen molar-refractivity contribution in [1.82, 2.24) is 14.6 Å². The molecule has 6 N–H and O–H groups in total. The first-order valence-electron chi connectivity index (χ1n) is 10.2. The minimum atomic E-state index is -0.615. The summed E-state index contributed by atoms with van der Waals surface area (Å²) in [5, 5.41) is 14.9. The Morgan fingerprint density at radius 1 is 1.13 bits per heavy atom. The minimum absolute atomic E-state index is 0.0511. The zero-order valence-electron chi connectivity index (χ0n) is 17.6. The summed E-state index contributed by atoms with van der Waals surface area (Å²) in [6, 6.07) is 7.35. The molecular weight excluding hydrogens is 398 g/mol. The van der Waals surface area contributed by atoms with Gasteiger partial charge in [0.25, 0.3) is 5.91 Å². The van der Waals surface area contributed by atoms with Gasteiger partial charge in [-0.15, -0.1) is 10.2 Å². The summed E-state index contributed by atoms with van der Waals surface area (Å²) in [6.07, 6.45) is 5.74. The molecule has 1 aromatic carbocycles. The summed E-state index contributed by atoms with van der Waals surface area (Å²) in [5.41, 5.74) is 13.8. The van der Waals surface area contributed by atoms with Crippen LogP contribution in [0.25, 0.3) is 5.65 Å². The molecule has 1 saturated carbocycles. The number of fused-ring (bicyclic) bond motifs is 1. The van der Waals surface area contributed by atoms with Crippen LogP contribution in [0.3, 0.4) is 0 Å². The van der Waals surface area contributed by atoms with Crippen LogP contribution in [-0.4, -0.2) is 46.8 Å². The first kappa shape index (κ1) is 20.7. The predicted molar refractivity (Wildman–Crippen MR) is 118 cm³/mol. The third kappa shape index (κ3) is 4.19. The standard InChI is InChI=1S/C21H27N7O3/c1-30-13-7-12(8-14(9-13)31-2)25-17-10-18(26-16-6-4-3-5-15(16)22)28-11-24-27-21(28)19(17)20(23)29/h7-11,15-16,25-26H,3-6,22H2,1-2H3,(H2,23,29)/t15-,16+/m1/s1. The highest BCUT2D eigenvalue weighted by Gasteiger charge is 2.24. The van der Waals surface area contributed by atoms with Crippen LogP contribution in [0, 0.1) is 0 Å². The molecule has 1 amide bonds. The molecular formula is C21H27N7O3. The van der Waals surface area contributed by atoms with Crippen molar-refractivity contribution >= 4 is 28.7 Å². The first-order chi connectivity index (χ1) is 15.0. The molecule has 1 aliphatic rings. The number of hydrogen-bond acceptors (Lipinski definition) is 8. The normalized spacial score (nSPS) is 18.5. The SMILES string of the molecule is COc1cc(Nc2cc(N[C@H]3CCCC[C@H]3N)n3cnnc3c2C(N)=O)cc(OC)c1. The van der Waals surface area contributed by atoms with Crippen molar-refractivity contribution < 1.29 is 14.3 Å². The van der Waals surface area contributed by atoms with E-state index in [9.17, 15) is 4.79 Å². The van der Waals surface area contributed by atoms with Gasteiger partial charge in [-0.3, -0.25) is 9.20 Å². The van der Waals surface area contributed by atoms with E-state index in [4.69, 9.17) is 20.9 Å². The van der Waals surface area contributed by atoms with Crippen molar-refractivity contribution in [3.05, 3.63) is 36.2 Å². The van der Waals surface area contributed by atoms with Gasteiger partial charge < -0.3 is 31.6 Å². The fourth-order valence-corrected chi connectivity index (χ4v) is 4.00. The number of anilines is 3. The van der Waals surface area contributed by atoms with Gasteiger partial charge in [-0.2, -0.15) is 0 Å².